The Labute approximate surface area is 202 Å². The van der Waals surface area contributed by atoms with Crippen molar-refractivity contribution in [2.75, 3.05) is 0 Å². The van der Waals surface area contributed by atoms with Crippen LogP contribution in [-0.2, 0) is 23.9 Å². The standard InChI is InChI=1S/C24H32O4.C2H4O2.ClH/c1-14-12-18-19(22(4)9-6-17(27)13-21(14)22)7-10-23(5)20(18)8-11-24(23,15(2)25)28-16(3)26;1-2(3)4;/h12-13,18-20H,6-11H2,1-5H3;1H3,(H,3,4);1H/t18-,19+,20+,22-,23+,24+;;/m1../s1. The summed E-state index contributed by atoms with van der Waals surface area (Å²) in [6, 6.07) is 0. The van der Waals surface area contributed by atoms with E-state index in [-0.39, 0.29) is 40.8 Å². The molecule has 33 heavy (non-hydrogen) atoms. The molecule has 0 aromatic heterocycles. The SMILES string of the molecule is CC(=O)O.CC(=O)O[C@]1(C(C)=O)CC[C@H]2[C@@H]3C=C(C)C4=CC(=O)CC[C@]4(C)[C@H]3CC[C@@]21C.Cl. The molecular formula is C26H37ClO6. The number of Topliss-reactive ketones (excluding diaryl/α,β-unsaturated/α-hetero) is 1. The van der Waals surface area contributed by atoms with Crippen molar-refractivity contribution in [2.24, 2.45) is 28.6 Å². The van der Waals surface area contributed by atoms with Gasteiger partial charge >= 0.3 is 5.97 Å². The molecule has 6 atom stereocenters. The van der Waals surface area contributed by atoms with Crippen molar-refractivity contribution in [3.05, 3.63) is 23.3 Å². The highest BCUT2D eigenvalue weighted by molar-refractivity contribution is 5.92. The molecule has 0 heterocycles. The molecule has 6 nitrogen and oxygen atoms in total. The van der Waals surface area contributed by atoms with E-state index in [0.29, 0.717) is 30.6 Å². The first kappa shape index (κ1) is 27.3. The summed E-state index contributed by atoms with van der Waals surface area (Å²) in [6.07, 6.45) is 9.20. The van der Waals surface area contributed by atoms with Gasteiger partial charge in [0.1, 0.15) is 0 Å². The fourth-order valence-electron chi connectivity index (χ4n) is 7.48. The molecule has 1 N–H and O–H groups in total. The summed E-state index contributed by atoms with van der Waals surface area (Å²) in [6.45, 7) is 10.7. The maximum Gasteiger partial charge on any atom is 0.303 e. The second-order valence-electron chi connectivity index (χ2n) is 10.6. The number of ether oxygens (including phenoxy) is 1. The second kappa shape index (κ2) is 9.36. The first-order valence-corrected chi connectivity index (χ1v) is 11.6. The summed E-state index contributed by atoms with van der Waals surface area (Å²) in [5.74, 6) is 0.195. The molecule has 0 aliphatic heterocycles. The molecule has 0 amide bonds. The van der Waals surface area contributed by atoms with Gasteiger partial charge in [-0.15, -0.1) is 12.4 Å². The Hall–Kier alpha value is -1.95. The van der Waals surface area contributed by atoms with Gasteiger partial charge in [0.25, 0.3) is 5.97 Å². The third-order valence-corrected chi connectivity index (χ3v) is 8.84. The molecule has 2 fully saturated rings. The number of hydrogen-bond acceptors (Lipinski definition) is 5. The average Bonchev–Trinajstić information content (AvgIpc) is 2.96. The Bertz CT molecular complexity index is 916. The predicted octanol–water partition coefficient (Wildman–Crippen LogP) is 5.09. The van der Waals surface area contributed by atoms with Crippen LogP contribution in [0.4, 0.5) is 0 Å². The topological polar surface area (TPSA) is 97.7 Å². The fourth-order valence-corrected chi connectivity index (χ4v) is 7.48. The number of fused-ring (bicyclic) bond motifs is 5. The molecule has 0 spiro atoms. The average molecular weight is 481 g/mol. The molecule has 0 unspecified atom stereocenters. The summed E-state index contributed by atoms with van der Waals surface area (Å²) in [4.78, 5) is 45.8. The molecule has 0 saturated heterocycles. The summed E-state index contributed by atoms with van der Waals surface area (Å²) in [5, 5.41) is 7.42. The van der Waals surface area contributed by atoms with Crippen LogP contribution in [-0.4, -0.2) is 34.2 Å². The van der Waals surface area contributed by atoms with Crippen LogP contribution in [0, 0.1) is 28.6 Å². The zero-order valence-electron chi connectivity index (χ0n) is 20.5. The lowest BCUT2D eigenvalue weighted by Gasteiger charge is -2.58. The van der Waals surface area contributed by atoms with Crippen LogP contribution in [0.5, 0.6) is 0 Å². The third-order valence-electron chi connectivity index (χ3n) is 8.84. The number of rotatable bonds is 2. The summed E-state index contributed by atoms with van der Waals surface area (Å²) in [5.41, 5.74) is 1.15. The van der Waals surface area contributed by atoms with Gasteiger partial charge in [0, 0.05) is 25.7 Å². The minimum atomic E-state index is -0.990. The molecule has 184 valence electrons. The van der Waals surface area contributed by atoms with Crippen LogP contribution in [0.2, 0.25) is 0 Å². The number of carbonyl (C=O) groups excluding carboxylic acids is 3. The number of hydrogen-bond donors (Lipinski definition) is 1. The molecule has 4 aliphatic carbocycles. The zero-order valence-corrected chi connectivity index (χ0v) is 21.3. The largest absolute Gasteiger partial charge is 0.481 e. The molecule has 4 rings (SSSR count). The van der Waals surface area contributed by atoms with E-state index in [1.54, 1.807) is 6.92 Å². The number of carboxylic acid groups (broad SMARTS) is 1. The Kier molecular flexibility index (Phi) is 7.74. The van der Waals surface area contributed by atoms with Crippen LogP contribution in [0.15, 0.2) is 23.3 Å². The van der Waals surface area contributed by atoms with E-state index in [2.05, 4.69) is 26.8 Å². The van der Waals surface area contributed by atoms with Crippen molar-refractivity contribution in [3.8, 4) is 0 Å². The predicted molar refractivity (Wildman–Crippen MR) is 127 cm³/mol. The van der Waals surface area contributed by atoms with Gasteiger partial charge in [0.2, 0.25) is 0 Å². The van der Waals surface area contributed by atoms with E-state index in [1.165, 1.54) is 18.1 Å². The van der Waals surface area contributed by atoms with E-state index >= 15 is 0 Å². The monoisotopic (exact) mass is 480 g/mol. The number of allylic oxidation sites excluding steroid dienone is 4. The first-order chi connectivity index (χ1) is 14.8. The van der Waals surface area contributed by atoms with Gasteiger partial charge in [-0.25, -0.2) is 0 Å². The van der Waals surface area contributed by atoms with Crippen LogP contribution in [0.1, 0.15) is 80.1 Å². The van der Waals surface area contributed by atoms with Gasteiger partial charge in [-0.3, -0.25) is 19.2 Å². The number of carboxylic acids is 1. The second-order valence-corrected chi connectivity index (χ2v) is 10.6. The minimum absolute atomic E-state index is 0. The summed E-state index contributed by atoms with van der Waals surface area (Å²) < 4.78 is 5.82. The lowest BCUT2D eigenvalue weighted by atomic mass is 9.47. The highest BCUT2D eigenvalue weighted by atomic mass is 35.5. The van der Waals surface area contributed by atoms with Gasteiger partial charge < -0.3 is 9.84 Å². The van der Waals surface area contributed by atoms with Gasteiger partial charge in [0.15, 0.2) is 17.2 Å². The van der Waals surface area contributed by atoms with Crippen molar-refractivity contribution in [2.45, 2.75) is 85.7 Å². The Morgan fingerprint density at radius 2 is 1.61 bits per heavy atom. The number of carbonyl (C=O) groups is 4. The summed E-state index contributed by atoms with van der Waals surface area (Å²) >= 11 is 0. The minimum Gasteiger partial charge on any atom is -0.481 e. The van der Waals surface area contributed by atoms with Gasteiger partial charge in [0.05, 0.1) is 0 Å². The molecular weight excluding hydrogens is 444 g/mol. The van der Waals surface area contributed by atoms with Gasteiger partial charge in [-0.1, -0.05) is 25.5 Å². The smallest absolute Gasteiger partial charge is 0.303 e. The van der Waals surface area contributed by atoms with Crippen molar-refractivity contribution in [1.29, 1.82) is 0 Å². The number of esters is 1. The van der Waals surface area contributed by atoms with Crippen molar-refractivity contribution >= 4 is 35.9 Å². The molecule has 4 aliphatic rings. The summed E-state index contributed by atoms with van der Waals surface area (Å²) in [7, 11) is 0. The lowest BCUT2D eigenvalue weighted by molar-refractivity contribution is -0.185. The van der Waals surface area contributed by atoms with Gasteiger partial charge in [-0.2, -0.15) is 0 Å². The van der Waals surface area contributed by atoms with Crippen molar-refractivity contribution < 1.29 is 29.0 Å². The number of halogens is 1. The van der Waals surface area contributed by atoms with Crippen molar-refractivity contribution in [1.82, 2.24) is 0 Å². The Morgan fingerprint density at radius 1 is 1.03 bits per heavy atom. The highest BCUT2D eigenvalue weighted by Crippen LogP contribution is 2.67. The highest BCUT2D eigenvalue weighted by Gasteiger charge is 2.67. The zero-order chi connectivity index (χ0) is 24.1. The van der Waals surface area contributed by atoms with Crippen LogP contribution >= 0.6 is 12.4 Å². The Morgan fingerprint density at radius 3 is 2.15 bits per heavy atom. The molecule has 0 aromatic rings. The van der Waals surface area contributed by atoms with Crippen LogP contribution in [0.25, 0.3) is 0 Å². The molecule has 0 aromatic carbocycles. The maximum atomic E-state index is 12.8. The molecule has 0 radical (unpaired) electrons. The molecule has 0 bridgehead atoms. The van der Waals surface area contributed by atoms with E-state index in [4.69, 9.17) is 14.6 Å². The van der Waals surface area contributed by atoms with E-state index in [1.807, 2.05) is 6.08 Å². The third kappa shape index (κ3) is 4.31. The number of ketones is 2. The van der Waals surface area contributed by atoms with Gasteiger partial charge in [-0.05, 0) is 80.8 Å². The number of aliphatic carboxylic acids is 1. The molecule has 2 saturated carbocycles. The Balaban J connectivity index is 0.000000714. The van der Waals surface area contributed by atoms with E-state index in [9.17, 15) is 14.4 Å². The normalized spacial score (nSPS) is 38.6. The fraction of sp³-hybridized carbons (Fsp3) is 0.692. The van der Waals surface area contributed by atoms with Crippen LogP contribution in [0.3, 0.4) is 0 Å². The first-order valence-electron chi connectivity index (χ1n) is 11.6. The van der Waals surface area contributed by atoms with E-state index < -0.39 is 11.6 Å². The van der Waals surface area contributed by atoms with E-state index in [0.717, 1.165) is 32.6 Å². The van der Waals surface area contributed by atoms with Crippen molar-refractivity contribution in [3.63, 3.8) is 0 Å². The van der Waals surface area contributed by atoms with Crippen LogP contribution < -0.4 is 0 Å². The lowest BCUT2D eigenvalue weighted by Crippen LogP contribution is -2.58. The maximum absolute atomic E-state index is 12.8. The quantitative estimate of drug-likeness (QED) is 0.553. The molecule has 7 heteroatoms.